The summed E-state index contributed by atoms with van der Waals surface area (Å²) in [5.74, 6) is 7.84. The summed E-state index contributed by atoms with van der Waals surface area (Å²) in [4.78, 5) is 9.99. The van der Waals surface area contributed by atoms with E-state index in [9.17, 15) is 14.6 Å². The van der Waals surface area contributed by atoms with Gasteiger partial charge in [-0.05, 0) is 80.0 Å². The van der Waals surface area contributed by atoms with E-state index in [0.29, 0.717) is 19.8 Å². The highest BCUT2D eigenvalue weighted by molar-refractivity contribution is 7.47. The molecule has 0 bridgehead atoms. The van der Waals surface area contributed by atoms with Crippen LogP contribution in [0.5, 0.6) is 0 Å². The van der Waals surface area contributed by atoms with Gasteiger partial charge in [0.1, 0.15) is 12.2 Å². The van der Waals surface area contributed by atoms with Crippen LogP contribution in [0.15, 0.2) is 0 Å². The minimum Gasteiger partial charge on any atom is -0.394 e. The van der Waals surface area contributed by atoms with Crippen LogP contribution in [0, 0.1) is 41.4 Å². The summed E-state index contributed by atoms with van der Waals surface area (Å²) < 4.78 is 34.2. The highest BCUT2D eigenvalue weighted by Gasteiger charge is 2.68. The van der Waals surface area contributed by atoms with E-state index in [4.69, 9.17) is 23.6 Å². The largest absolute Gasteiger partial charge is 0.472 e. The Morgan fingerprint density at radius 2 is 1.14 bits per heavy atom. The molecule has 0 aromatic heterocycles. The molecule has 0 heterocycles. The van der Waals surface area contributed by atoms with Crippen LogP contribution in [-0.4, -0.2) is 67.0 Å². The molecule has 4 aliphatic carbocycles. The summed E-state index contributed by atoms with van der Waals surface area (Å²) in [6.45, 7) is 2.59. The van der Waals surface area contributed by atoms with E-state index in [2.05, 4.69) is 6.92 Å². The summed E-state index contributed by atoms with van der Waals surface area (Å²) in [5, 5.41) is 18.4. The summed E-state index contributed by atoms with van der Waals surface area (Å²) in [6, 6.07) is 0. The number of fused-ring (bicyclic) bond motifs is 7. The van der Waals surface area contributed by atoms with Crippen LogP contribution in [-0.2, 0) is 23.1 Å². The Morgan fingerprint density at radius 3 is 1.76 bits per heavy atom. The SMILES string of the molecule is CCCCCCCCCCCCCCOC[C@H](COP(=O)(O)OC[C@@H](O)CO)OCCCCCCCCC1CCC2C(C1)C1C3CCC3C21. The van der Waals surface area contributed by atoms with Crippen molar-refractivity contribution in [1.29, 1.82) is 0 Å². The topological polar surface area (TPSA) is 115 Å². The van der Waals surface area contributed by atoms with Crippen LogP contribution < -0.4 is 0 Å². The van der Waals surface area contributed by atoms with E-state index in [-0.39, 0.29) is 6.61 Å². The molecule has 49 heavy (non-hydrogen) atoms. The summed E-state index contributed by atoms with van der Waals surface area (Å²) >= 11 is 0. The normalized spacial score (nSPS) is 29.4. The van der Waals surface area contributed by atoms with Crippen molar-refractivity contribution in [3.05, 3.63) is 0 Å². The second-order valence-corrected chi connectivity index (χ2v) is 17.8. The van der Waals surface area contributed by atoms with Crippen molar-refractivity contribution < 1.29 is 38.2 Å². The van der Waals surface area contributed by atoms with Gasteiger partial charge in [-0.1, -0.05) is 122 Å². The third kappa shape index (κ3) is 14.4. The smallest absolute Gasteiger partial charge is 0.394 e. The summed E-state index contributed by atoms with van der Waals surface area (Å²) in [6.07, 6.45) is 30.2. The number of hydrogen-bond acceptors (Lipinski definition) is 7. The van der Waals surface area contributed by atoms with E-state index >= 15 is 0 Å². The van der Waals surface area contributed by atoms with Gasteiger partial charge in [-0.25, -0.2) is 4.57 Å². The van der Waals surface area contributed by atoms with Gasteiger partial charge >= 0.3 is 7.82 Å². The number of ether oxygens (including phenoxy) is 2. The van der Waals surface area contributed by atoms with Crippen molar-refractivity contribution in [2.24, 2.45) is 41.4 Å². The van der Waals surface area contributed by atoms with Crippen molar-refractivity contribution in [3.8, 4) is 0 Å². The molecular weight excluding hydrogens is 639 g/mol. The molecule has 4 rings (SSSR count). The van der Waals surface area contributed by atoms with Crippen LogP contribution in [0.2, 0.25) is 0 Å². The predicted octanol–water partition coefficient (Wildman–Crippen LogP) is 9.63. The van der Waals surface area contributed by atoms with Gasteiger partial charge < -0.3 is 24.6 Å². The molecule has 10 atom stereocenters. The van der Waals surface area contributed by atoms with E-state index in [1.54, 1.807) is 19.3 Å². The average Bonchev–Trinajstić information content (AvgIpc) is 3.09. The molecule has 9 heteroatoms. The number of phosphoric acid groups is 1. The van der Waals surface area contributed by atoms with E-state index < -0.39 is 33.2 Å². The summed E-state index contributed by atoms with van der Waals surface area (Å²) in [5.41, 5.74) is 0. The van der Waals surface area contributed by atoms with Crippen molar-refractivity contribution in [2.75, 3.05) is 39.6 Å². The lowest BCUT2D eigenvalue weighted by Crippen LogP contribution is -2.69. The van der Waals surface area contributed by atoms with Gasteiger partial charge in [-0.3, -0.25) is 9.05 Å². The van der Waals surface area contributed by atoms with Crippen LogP contribution in [0.4, 0.5) is 0 Å². The molecule has 0 amide bonds. The number of phosphoric ester groups is 1. The van der Waals surface area contributed by atoms with Gasteiger partial charge in [-0.15, -0.1) is 0 Å². The fraction of sp³-hybridized carbons (Fsp3) is 1.00. The van der Waals surface area contributed by atoms with E-state index in [1.807, 2.05) is 0 Å². The molecule has 0 aromatic carbocycles. The minimum atomic E-state index is -4.37. The molecule has 4 fully saturated rings. The average molecular weight is 715 g/mol. The molecule has 0 radical (unpaired) electrons. The van der Waals surface area contributed by atoms with Gasteiger partial charge in [0.15, 0.2) is 0 Å². The maximum atomic E-state index is 12.3. The van der Waals surface area contributed by atoms with Gasteiger partial charge in [0.2, 0.25) is 0 Å². The number of unbranched alkanes of at least 4 members (excludes halogenated alkanes) is 16. The van der Waals surface area contributed by atoms with Crippen LogP contribution in [0.25, 0.3) is 0 Å². The Bertz CT molecular complexity index is 900. The molecular formula is C40H75O8P. The number of rotatable bonds is 32. The maximum absolute atomic E-state index is 12.3. The Kier molecular flexibility index (Phi) is 20.1. The standard InChI is InChI=1S/C40H75O8P/c1-2-3-4-5-6-7-8-9-10-12-15-18-25-45-30-34(31-48-49(43,44)47-29-33(42)28-41)46-26-19-16-13-11-14-17-20-32-21-22-37-38(27-32)40-36-24-23-35(36)39(37)40/h32-42H,2-31H2,1H3,(H,43,44)/t32?,33-,34+,35?,36?,37?,38?,39?,40?/m0/s1. The van der Waals surface area contributed by atoms with Gasteiger partial charge in [-0.2, -0.15) is 0 Å². The molecule has 8 unspecified atom stereocenters. The lowest BCUT2D eigenvalue weighted by molar-refractivity contribution is -0.264. The second-order valence-electron chi connectivity index (χ2n) is 16.3. The zero-order valence-electron chi connectivity index (χ0n) is 31.2. The monoisotopic (exact) mass is 715 g/mol. The first-order chi connectivity index (χ1) is 23.9. The molecule has 0 spiro atoms. The third-order valence-corrected chi connectivity index (χ3v) is 13.7. The number of hydrogen-bond donors (Lipinski definition) is 3. The van der Waals surface area contributed by atoms with Crippen LogP contribution >= 0.6 is 7.82 Å². The van der Waals surface area contributed by atoms with Crippen molar-refractivity contribution in [2.45, 2.75) is 173 Å². The van der Waals surface area contributed by atoms with Gasteiger partial charge in [0, 0.05) is 13.2 Å². The Hall–Kier alpha value is -0.0500. The Labute approximate surface area is 299 Å². The fourth-order valence-corrected chi connectivity index (χ4v) is 10.6. The summed E-state index contributed by atoms with van der Waals surface area (Å²) in [7, 11) is -4.37. The molecule has 4 aliphatic rings. The Balaban J connectivity index is 0.991. The minimum absolute atomic E-state index is 0.132. The number of aliphatic hydroxyl groups excluding tert-OH is 2. The number of aliphatic hydroxyl groups is 2. The van der Waals surface area contributed by atoms with Gasteiger partial charge in [0.05, 0.1) is 26.4 Å². The molecule has 288 valence electrons. The lowest BCUT2D eigenvalue weighted by Gasteiger charge is -2.74. The third-order valence-electron chi connectivity index (χ3n) is 12.7. The van der Waals surface area contributed by atoms with Crippen LogP contribution in [0.3, 0.4) is 0 Å². The molecule has 8 nitrogen and oxygen atoms in total. The predicted molar refractivity (Wildman–Crippen MR) is 196 cm³/mol. The molecule has 0 aliphatic heterocycles. The first-order valence-corrected chi connectivity index (χ1v) is 22.5. The zero-order chi connectivity index (χ0) is 34.7. The van der Waals surface area contributed by atoms with Crippen molar-refractivity contribution in [3.63, 3.8) is 0 Å². The lowest BCUT2D eigenvalue weighted by atomic mass is 9.30. The molecule has 3 N–H and O–H groups in total. The van der Waals surface area contributed by atoms with E-state index in [0.717, 1.165) is 67.1 Å². The molecule has 0 saturated heterocycles. The molecule has 0 aromatic rings. The Morgan fingerprint density at radius 1 is 0.633 bits per heavy atom. The highest BCUT2D eigenvalue weighted by atomic mass is 31.2. The first-order valence-electron chi connectivity index (χ1n) is 21.0. The maximum Gasteiger partial charge on any atom is 0.472 e. The van der Waals surface area contributed by atoms with Crippen molar-refractivity contribution in [1.82, 2.24) is 0 Å². The van der Waals surface area contributed by atoms with Gasteiger partial charge in [0.25, 0.3) is 0 Å². The van der Waals surface area contributed by atoms with Crippen LogP contribution in [0.1, 0.15) is 161 Å². The van der Waals surface area contributed by atoms with Crippen molar-refractivity contribution >= 4 is 7.82 Å². The zero-order valence-corrected chi connectivity index (χ0v) is 32.1. The van der Waals surface area contributed by atoms with E-state index in [1.165, 1.54) is 109 Å². The quantitative estimate of drug-likeness (QED) is 0.0466. The highest BCUT2D eigenvalue weighted by Crippen LogP contribution is 2.74. The first kappa shape index (κ1) is 41.7. The molecule has 4 saturated carbocycles. The fourth-order valence-electron chi connectivity index (χ4n) is 9.84. The second kappa shape index (κ2) is 23.6.